The topological polar surface area (TPSA) is 64.0 Å². The van der Waals surface area contributed by atoms with Gasteiger partial charge in [-0.05, 0) is 37.6 Å². The monoisotopic (exact) mass is 388 g/mol. The Morgan fingerprint density at radius 1 is 1.22 bits per heavy atom. The summed E-state index contributed by atoms with van der Waals surface area (Å²) in [5, 5.41) is 7.57. The third kappa shape index (κ3) is 3.15. The Morgan fingerprint density at radius 3 is 2.74 bits per heavy atom. The van der Waals surface area contributed by atoms with Crippen molar-refractivity contribution in [3.63, 3.8) is 0 Å². The van der Waals surface area contributed by atoms with Crippen LogP contribution in [0.4, 0.5) is 5.00 Å². The summed E-state index contributed by atoms with van der Waals surface area (Å²) < 4.78 is 10.8. The Labute approximate surface area is 163 Å². The molecular formula is C20H26N3O3S+. The summed E-state index contributed by atoms with van der Waals surface area (Å²) >= 11 is 1.72. The third-order valence-electron chi connectivity index (χ3n) is 5.52. The van der Waals surface area contributed by atoms with Crippen LogP contribution in [0.5, 0.6) is 11.5 Å². The fourth-order valence-corrected chi connectivity index (χ4v) is 5.25. The molecule has 144 valence electrons. The van der Waals surface area contributed by atoms with E-state index in [9.17, 15) is 4.79 Å². The number of quaternary nitrogens is 1. The quantitative estimate of drug-likeness (QED) is 0.749. The molecule has 0 saturated heterocycles. The number of carbonyl (C=O) groups is 1. The van der Waals surface area contributed by atoms with Crippen LogP contribution in [0.2, 0.25) is 0 Å². The maximum atomic E-state index is 12.9. The number of nitrogens with one attached hydrogen (secondary N) is 3. The molecule has 0 aliphatic carbocycles. The van der Waals surface area contributed by atoms with Crippen LogP contribution in [0, 0.1) is 0 Å². The van der Waals surface area contributed by atoms with Gasteiger partial charge in [-0.25, -0.2) is 0 Å². The Hall–Kier alpha value is -2.25. The molecule has 3 heterocycles. The molecule has 0 radical (unpaired) electrons. The zero-order chi connectivity index (χ0) is 19.1. The highest BCUT2D eigenvalue weighted by atomic mass is 32.1. The molecule has 4 rings (SSSR count). The highest BCUT2D eigenvalue weighted by Gasteiger charge is 2.35. The van der Waals surface area contributed by atoms with Crippen LogP contribution in [0.15, 0.2) is 18.2 Å². The van der Waals surface area contributed by atoms with Gasteiger partial charge in [0, 0.05) is 12.0 Å². The van der Waals surface area contributed by atoms with E-state index in [2.05, 4.69) is 24.5 Å². The van der Waals surface area contributed by atoms with Gasteiger partial charge in [0.25, 0.3) is 5.91 Å². The number of methoxy groups -OCH3 is 2. The largest absolute Gasteiger partial charge is 0.497 e. The number of anilines is 1. The summed E-state index contributed by atoms with van der Waals surface area (Å²) in [6, 6.07) is 6.21. The van der Waals surface area contributed by atoms with Gasteiger partial charge in [0.15, 0.2) is 0 Å². The molecule has 2 aliphatic rings. The number of hydrogen-bond acceptors (Lipinski definition) is 5. The van der Waals surface area contributed by atoms with Crippen molar-refractivity contribution in [3.05, 3.63) is 39.8 Å². The zero-order valence-electron chi connectivity index (χ0n) is 16.1. The minimum Gasteiger partial charge on any atom is -0.497 e. The van der Waals surface area contributed by atoms with Crippen molar-refractivity contribution in [1.29, 1.82) is 0 Å². The Balaban J connectivity index is 1.68. The molecule has 27 heavy (non-hydrogen) atoms. The van der Waals surface area contributed by atoms with Crippen molar-refractivity contribution in [2.45, 2.75) is 39.0 Å². The van der Waals surface area contributed by atoms with Crippen molar-refractivity contribution >= 4 is 22.2 Å². The van der Waals surface area contributed by atoms with Gasteiger partial charge in [-0.1, -0.05) is 0 Å². The number of benzene rings is 1. The minimum absolute atomic E-state index is 0.0101. The molecule has 1 unspecified atom stereocenters. The van der Waals surface area contributed by atoms with Crippen LogP contribution < -0.4 is 25.0 Å². The maximum absolute atomic E-state index is 12.9. The molecular weight excluding hydrogens is 362 g/mol. The van der Waals surface area contributed by atoms with E-state index in [-0.39, 0.29) is 12.1 Å². The molecule has 6 nitrogen and oxygen atoms in total. The molecule has 1 aromatic heterocycles. The fourth-order valence-electron chi connectivity index (χ4n) is 3.93. The first-order valence-electron chi connectivity index (χ1n) is 9.30. The van der Waals surface area contributed by atoms with Crippen LogP contribution in [0.1, 0.15) is 46.4 Å². The fraction of sp³-hybridized carbons (Fsp3) is 0.450. The molecule has 0 spiro atoms. The molecule has 2 aromatic rings. The number of hydrogen-bond donors (Lipinski definition) is 3. The lowest BCUT2D eigenvalue weighted by Crippen LogP contribution is -3.14. The first-order valence-corrected chi connectivity index (χ1v) is 10.1. The van der Waals surface area contributed by atoms with Gasteiger partial charge in [-0.2, -0.15) is 0 Å². The van der Waals surface area contributed by atoms with Crippen molar-refractivity contribution in [3.8, 4) is 11.5 Å². The number of rotatable bonds is 4. The van der Waals surface area contributed by atoms with Gasteiger partial charge >= 0.3 is 0 Å². The van der Waals surface area contributed by atoms with Crippen LogP contribution in [-0.4, -0.2) is 32.7 Å². The smallest absolute Gasteiger partial charge is 0.256 e. The molecule has 7 heteroatoms. The van der Waals surface area contributed by atoms with E-state index >= 15 is 0 Å². The van der Waals surface area contributed by atoms with Crippen molar-refractivity contribution < 1.29 is 19.2 Å². The Morgan fingerprint density at radius 2 is 2.04 bits per heavy atom. The van der Waals surface area contributed by atoms with Crippen LogP contribution in [0.25, 0.3) is 0 Å². The molecule has 0 fully saturated rings. The van der Waals surface area contributed by atoms with Crippen LogP contribution in [0.3, 0.4) is 0 Å². The molecule has 3 N–H and O–H groups in total. The van der Waals surface area contributed by atoms with Crippen molar-refractivity contribution in [2.75, 3.05) is 26.1 Å². The number of fused-ring (bicyclic) bond motifs is 3. The summed E-state index contributed by atoms with van der Waals surface area (Å²) in [6.45, 7) is 6.58. The summed E-state index contributed by atoms with van der Waals surface area (Å²) in [7, 11) is 3.27. The van der Waals surface area contributed by atoms with Crippen LogP contribution in [-0.2, 0) is 13.0 Å². The second kappa shape index (κ2) is 7.05. The lowest BCUT2D eigenvalue weighted by atomic mass is 9.99. The molecule has 0 saturated carbocycles. The van der Waals surface area contributed by atoms with Gasteiger partial charge < -0.3 is 25.0 Å². The molecule has 1 aromatic carbocycles. The van der Waals surface area contributed by atoms with Crippen molar-refractivity contribution in [1.82, 2.24) is 5.32 Å². The number of thiophene rings is 1. The summed E-state index contributed by atoms with van der Waals surface area (Å²) in [4.78, 5) is 15.9. The SMILES string of the molecule is COc1ccc(OC)c([C@@H]2NC(=O)c3c(sc4c3CC[NH+](C(C)C)C4)N2)c1. The number of amides is 1. The lowest BCUT2D eigenvalue weighted by Gasteiger charge is -2.29. The van der Waals surface area contributed by atoms with Gasteiger partial charge in [0.1, 0.15) is 29.2 Å². The van der Waals surface area contributed by atoms with E-state index in [1.54, 1.807) is 30.5 Å². The first-order chi connectivity index (χ1) is 13.0. The van der Waals surface area contributed by atoms with E-state index in [1.165, 1.54) is 10.4 Å². The highest BCUT2D eigenvalue weighted by molar-refractivity contribution is 7.16. The van der Waals surface area contributed by atoms with E-state index in [4.69, 9.17) is 9.47 Å². The molecule has 1 amide bonds. The summed E-state index contributed by atoms with van der Waals surface area (Å²) in [5.41, 5.74) is 2.91. The predicted molar refractivity (Wildman–Crippen MR) is 106 cm³/mol. The van der Waals surface area contributed by atoms with E-state index in [0.717, 1.165) is 41.4 Å². The normalized spacial score (nSPS) is 21.1. The number of carbonyl (C=O) groups excluding carboxylic acids is 1. The average molecular weight is 389 g/mol. The van der Waals surface area contributed by atoms with Gasteiger partial charge in [-0.3, -0.25) is 4.79 Å². The predicted octanol–water partition coefficient (Wildman–Crippen LogP) is 1.97. The average Bonchev–Trinajstić information content (AvgIpc) is 3.05. The standard InChI is InChI=1S/C20H25N3O3S/c1-11(2)23-8-7-13-16(10-23)27-20-17(13)19(24)21-18(22-20)14-9-12(25-3)5-6-15(14)26-4/h5-6,9,11,18,22H,7-8,10H2,1-4H3,(H,21,24)/p+1/t18-/m1/s1. The van der Waals surface area contributed by atoms with Crippen LogP contribution >= 0.6 is 11.3 Å². The summed E-state index contributed by atoms with van der Waals surface area (Å²) in [6.07, 6.45) is 0.611. The van der Waals surface area contributed by atoms with Gasteiger partial charge in [-0.15, -0.1) is 11.3 Å². The van der Waals surface area contributed by atoms with E-state index in [1.807, 2.05) is 18.2 Å². The minimum atomic E-state index is -0.344. The van der Waals surface area contributed by atoms with Gasteiger partial charge in [0.05, 0.1) is 37.2 Å². The lowest BCUT2D eigenvalue weighted by molar-refractivity contribution is -0.936. The second-order valence-electron chi connectivity index (χ2n) is 7.36. The Bertz CT molecular complexity index is 878. The van der Waals surface area contributed by atoms with E-state index < -0.39 is 0 Å². The number of ether oxygens (including phenoxy) is 2. The summed E-state index contributed by atoms with van der Waals surface area (Å²) in [5.74, 6) is 1.44. The molecule has 2 aliphatic heterocycles. The third-order valence-corrected chi connectivity index (χ3v) is 6.68. The maximum Gasteiger partial charge on any atom is 0.256 e. The zero-order valence-corrected chi connectivity index (χ0v) is 17.0. The second-order valence-corrected chi connectivity index (χ2v) is 8.46. The Kier molecular flexibility index (Phi) is 4.74. The van der Waals surface area contributed by atoms with Crippen molar-refractivity contribution in [2.24, 2.45) is 0 Å². The molecule has 0 bridgehead atoms. The highest BCUT2D eigenvalue weighted by Crippen LogP contribution is 2.40. The van der Waals surface area contributed by atoms with E-state index in [0.29, 0.717) is 11.8 Å². The van der Waals surface area contributed by atoms with Gasteiger partial charge in [0.2, 0.25) is 0 Å². The first kappa shape index (κ1) is 18.1. The molecule has 2 atom stereocenters.